The van der Waals surface area contributed by atoms with Gasteiger partial charge in [-0.2, -0.15) is 0 Å². The van der Waals surface area contributed by atoms with Crippen LogP contribution < -0.4 is 10.6 Å². The first-order valence-corrected chi connectivity index (χ1v) is 10.8. The number of ether oxygens (including phenoxy) is 1. The van der Waals surface area contributed by atoms with Gasteiger partial charge in [0.25, 0.3) is 0 Å². The predicted octanol–water partition coefficient (Wildman–Crippen LogP) is 1.63. The molecule has 10 heteroatoms. The third-order valence-corrected chi connectivity index (χ3v) is 6.85. The molecule has 1 aliphatic heterocycles. The SMILES string of the molecule is CN(C)S(=O)(=O)CCOC1CCN(c2cncc3ccc(C(N)=O)cc23)CC1.Cl. The van der Waals surface area contributed by atoms with Gasteiger partial charge in [0, 0.05) is 49.7 Å². The molecule has 0 bridgehead atoms. The number of carbonyl (C=O) groups excluding carboxylic acids is 1. The molecule has 2 aromatic rings. The second kappa shape index (κ2) is 9.71. The molecule has 0 spiro atoms. The van der Waals surface area contributed by atoms with Crippen LogP contribution in [0.25, 0.3) is 10.8 Å². The van der Waals surface area contributed by atoms with Crippen LogP contribution >= 0.6 is 12.4 Å². The van der Waals surface area contributed by atoms with Gasteiger partial charge < -0.3 is 15.4 Å². The van der Waals surface area contributed by atoms with E-state index in [0.29, 0.717) is 5.56 Å². The monoisotopic (exact) mass is 442 g/mol. The second-order valence-electron chi connectivity index (χ2n) is 7.11. The Balaban J connectivity index is 0.00000300. The molecule has 0 aliphatic carbocycles. The van der Waals surface area contributed by atoms with Crippen LogP contribution in [0.4, 0.5) is 5.69 Å². The summed E-state index contributed by atoms with van der Waals surface area (Å²) in [5.41, 5.74) is 6.86. The van der Waals surface area contributed by atoms with Crippen LogP contribution in [0, 0.1) is 0 Å². The van der Waals surface area contributed by atoms with Gasteiger partial charge in [-0.15, -0.1) is 12.4 Å². The molecule has 1 aliphatic rings. The number of carbonyl (C=O) groups is 1. The number of hydrogen-bond donors (Lipinski definition) is 1. The molecule has 1 fully saturated rings. The van der Waals surface area contributed by atoms with Gasteiger partial charge in [0.15, 0.2) is 0 Å². The summed E-state index contributed by atoms with van der Waals surface area (Å²) in [5.74, 6) is -0.465. The van der Waals surface area contributed by atoms with Crippen molar-refractivity contribution in [2.75, 3.05) is 44.4 Å². The lowest BCUT2D eigenvalue weighted by Gasteiger charge is -2.34. The Labute approximate surface area is 177 Å². The van der Waals surface area contributed by atoms with Crippen molar-refractivity contribution in [3.8, 4) is 0 Å². The molecule has 0 atom stereocenters. The van der Waals surface area contributed by atoms with E-state index in [1.165, 1.54) is 18.4 Å². The van der Waals surface area contributed by atoms with Gasteiger partial charge in [0.2, 0.25) is 15.9 Å². The summed E-state index contributed by atoms with van der Waals surface area (Å²) in [6, 6.07) is 5.37. The molecule has 3 rings (SSSR count). The first kappa shape index (κ1) is 23.3. The number of benzene rings is 1. The highest BCUT2D eigenvalue weighted by Crippen LogP contribution is 2.29. The molecular weight excluding hydrogens is 416 g/mol. The minimum absolute atomic E-state index is 0. The standard InChI is InChI=1S/C19H26N4O4S.ClH/c1-22(2)28(25,26)10-9-27-16-5-7-23(8-6-16)18-13-21-12-15-4-3-14(19(20)24)11-17(15)18;/h3-4,11-13,16H,5-10H2,1-2H3,(H2,20,24);1H. The molecule has 8 nitrogen and oxygen atoms in total. The molecule has 1 amide bonds. The second-order valence-corrected chi connectivity index (χ2v) is 9.42. The van der Waals surface area contributed by atoms with Crippen molar-refractivity contribution in [2.24, 2.45) is 5.73 Å². The molecule has 2 N–H and O–H groups in total. The molecule has 1 aromatic carbocycles. The largest absolute Gasteiger partial charge is 0.377 e. The van der Waals surface area contributed by atoms with Gasteiger partial charge >= 0.3 is 0 Å². The lowest BCUT2D eigenvalue weighted by molar-refractivity contribution is 0.0468. The lowest BCUT2D eigenvalue weighted by Crippen LogP contribution is -2.38. The highest BCUT2D eigenvalue weighted by molar-refractivity contribution is 7.89. The topological polar surface area (TPSA) is 106 Å². The Morgan fingerprint density at radius 2 is 1.97 bits per heavy atom. The minimum Gasteiger partial charge on any atom is -0.377 e. The summed E-state index contributed by atoms with van der Waals surface area (Å²) in [6.07, 6.45) is 5.21. The van der Waals surface area contributed by atoms with Gasteiger partial charge in [0.05, 0.1) is 30.3 Å². The van der Waals surface area contributed by atoms with E-state index >= 15 is 0 Å². The number of primary amides is 1. The number of halogens is 1. The van der Waals surface area contributed by atoms with Gasteiger partial charge in [-0.3, -0.25) is 9.78 Å². The van der Waals surface area contributed by atoms with E-state index in [1.807, 2.05) is 12.1 Å². The smallest absolute Gasteiger partial charge is 0.248 e. The maximum atomic E-state index is 11.8. The molecule has 2 heterocycles. The third kappa shape index (κ3) is 5.57. The summed E-state index contributed by atoms with van der Waals surface area (Å²) in [6.45, 7) is 1.74. The number of amides is 1. The van der Waals surface area contributed by atoms with Crippen LogP contribution in [-0.4, -0.2) is 69.3 Å². The van der Waals surface area contributed by atoms with E-state index in [9.17, 15) is 13.2 Å². The third-order valence-electron chi connectivity index (χ3n) is 5.06. The molecular formula is C19H27ClN4O4S. The van der Waals surface area contributed by atoms with Crippen LogP contribution in [0.15, 0.2) is 30.6 Å². The normalized spacial score (nSPS) is 15.5. The van der Waals surface area contributed by atoms with E-state index in [2.05, 4.69) is 9.88 Å². The van der Waals surface area contributed by atoms with Crippen LogP contribution in [0.5, 0.6) is 0 Å². The highest BCUT2D eigenvalue weighted by atomic mass is 35.5. The van der Waals surface area contributed by atoms with Gasteiger partial charge in [0.1, 0.15) is 0 Å². The number of pyridine rings is 1. The zero-order valence-corrected chi connectivity index (χ0v) is 18.2. The Morgan fingerprint density at radius 3 is 2.59 bits per heavy atom. The number of rotatable bonds is 7. The predicted molar refractivity (Wildman–Crippen MR) is 116 cm³/mol. The maximum Gasteiger partial charge on any atom is 0.248 e. The summed E-state index contributed by atoms with van der Waals surface area (Å²) >= 11 is 0. The van der Waals surface area contributed by atoms with Crippen molar-refractivity contribution in [1.29, 1.82) is 0 Å². The fourth-order valence-corrected chi connectivity index (χ4v) is 3.99. The van der Waals surface area contributed by atoms with Crippen molar-refractivity contribution in [3.05, 3.63) is 36.2 Å². The van der Waals surface area contributed by atoms with Crippen LogP contribution in [0.1, 0.15) is 23.2 Å². The van der Waals surface area contributed by atoms with Crippen molar-refractivity contribution < 1.29 is 17.9 Å². The molecule has 160 valence electrons. The first-order chi connectivity index (χ1) is 13.3. The van der Waals surface area contributed by atoms with E-state index in [4.69, 9.17) is 10.5 Å². The summed E-state index contributed by atoms with van der Waals surface area (Å²) < 4.78 is 30.6. The van der Waals surface area contributed by atoms with Crippen molar-refractivity contribution >= 4 is 44.8 Å². The Hall–Kier alpha value is -1.94. The van der Waals surface area contributed by atoms with E-state index in [0.717, 1.165) is 42.4 Å². The molecule has 1 saturated heterocycles. The summed E-state index contributed by atoms with van der Waals surface area (Å²) in [4.78, 5) is 18.1. The van der Waals surface area contributed by atoms with Crippen LogP contribution in [0.3, 0.4) is 0 Å². The number of hydrogen-bond acceptors (Lipinski definition) is 6. The van der Waals surface area contributed by atoms with Gasteiger partial charge in [-0.25, -0.2) is 12.7 Å². The van der Waals surface area contributed by atoms with Crippen molar-refractivity contribution in [3.63, 3.8) is 0 Å². The van der Waals surface area contributed by atoms with Crippen LogP contribution in [-0.2, 0) is 14.8 Å². The molecule has 1 aromatic heterocycles. The number of sulfonamides is 1. The van der Waals surface area contributed by atoms with Crippen LogP contribution in [0.2, 0.25) is 0 Å². The summed E-state index contributed by atoms with van der Waals surface area (Å²) in [7, 11) is -0.189. The minimum atomic E-state index is -3.24. The number of nitrogens with two attached hydrogens (primary N) is 1. The number of piperidine rings is 1. The molecule has 0 unspecified atom stereocenters. The van der Waals surface area contributed by atoms with Gasteiger partial charge in [-0.1, -0.05) is 6.07 Å². The number of nitrogens with zero attached hydrogens (tertiary/aromatic N) is 3. The fourth-order valence-electron chi connectivity index (χ4n) is 3.32. The Kier molecular flexibility index (Phi) is 7.81. The van der Waals surface area contributed by atoms with E-state index < -0.39 is 15.9 Å². The van der Waals surface area contributed by atoms with E-state index in [-0.39, 0.29) is 30.9 Å². The van der Waals surface area contributed by atoms with Crippen molar-refractivity contribution in [1.82, 2.24) is 9.29 Å². The zero-order valence-electron chi connectivity index (χ0n) is 16.6. The average Bonchev–Trinajstić information content (AvgIpc) is 2.67. The average molecular weight is 443 g/mol. The van der Waals surface area contributed by atoms with Crippen molar-refractivity contribution in [2.45, 2.75) is 18.9 Å². The maximum absolute atomic E-state index is 11.8. The number of anilines is 1. The molecule has 29 heavy (non-hydrogen) atoms. The number of fused-ring (bicyclic) bond motifs is 1. The molecule has 0 radical (unpaired) electrons. The first-order valence-electron chi connectivity index (χ1n) is 9.22. The number of aromatic nitrogens is 1. The van der Waals surface area contributed by atoms with Gasteiger partial charge in [-0.05, 0) is 25.0 Å². The quantitative estimate of drug-likeness (QED) is 0.698. The highest BCUT2D eigenvalue weighted by Gasteiger charge is 2.22. The lowest BCUT2D eigenvalue weighted by atomic mass is 10.0. The fraction of sp³-hybridized carbons (Fsp3) is 0.474. The molecule has 0 saturated carbocycles. The summed E-state index contributed by atoms with van der Waals surface area (Å²) in [5, 5.41) is 1.90. The Bertz CT molecular complexity index is 960. The zero-order chi connectivity index (χ0) is 20.3. The Morgan fingerprint density at radius 1 is 1.28 bits per heavy atom. The van der Waals surface area contributed by atoms with E-state index in [1.54, 1.807) is 18.5 Å².